The van der Waals surface area contributed by atoms with E-state index in [0.717, 1.165) is 25.8 Å². The molecule has 21 heavy (non-hydrogen) atoms. The van der Waals surface area contributed by atoms with Gasteiger partial charge in [-0.25, -0.2) is 0 Å². The third-order valence-corrected chi connectivity index (χ3v) is 4.15. The van der Waals surface area contributed by atoms with Gasteiger partial charge in [0, 0.05) is 52.7 Å². The minimum Gasteiger partial charge on any atom is -0.385 e. The van der Waals surface area contributed by atoms with Crippen LogP contribution in [0.4, 0.5) is 0 Å². The van der Waals surface area contributed by atoms with Gasteiger partial charge in [0.15, 0.2) is 0 Å². The summed E-state index contributed by atoms with van der Waals surface area (Å²) < 4.78 is 10.7. The van der Waals surface area contributed by atoms with Crippen molar-refractivity contribution in [3.63, 3.8) is 0 Å². The molecule has 2 fully saturated rings. The SMILES string of the molecule is COCC[C@H]1CN(C(=O)CCN2CCCCC2=O)CCO1. The van der Waals surface area contributed by atoms with Crippen molar-refractivity contribution in [2.75, 3.05) is 46.5 Å². The van der Waals surface area contributed by atoms with Crippen molar-refractivity contribution in [3.8, 4) is 0 Å². The van der Waals surface area contributed by atoms with Crippen LogP contribution in [0.25, 0.3) is 0 Å². The van der Waals surface area contributed by atoms with E-state index in [1.54, 1.807) is 7.11 Å². The average molecular weight is 298 g/mol. The van der Waals surface area contributed by atoms with Crippen molar-refractivity contribution in [2.24, 2.45) is 0 Å². The highest BCUT2D eigenvalue weighted by molar-refractivity contribution is 5.79. The number of likely N-dealkylation sites (tertiary alicyclic amines) is 1. The summed E-state index contributed by atoms with van der Waals surface area (Å²) >= 11 is 0. The summed E-state index contributed by atoms with van der Waals surface area (Å²) in [7, 11) is 1.67. The topological polar surface area (TPSA) is 59.1 Å². The molecule has 0 aromatic rings. The highest BCUT2D eigenvalue weighted by Gasteiger charge is 2.25. The van der Waals surface area contributed by atoms with E-state index in [1.165, 1.54) is 0 Å². The molecule has 2 aliphatic rings. The highest BCUT2D eigenvalue weighted by atomic mass is 16.5. The molecule has 0 radical (unpaired) electrons. The smallest absolute Gasteiger partial charge is 0.224 e. The number of ether oxygens (including phenoxy) is 2. The lowest BCUT2D eigenvalue weighted by atomic mass is 10.1. The van der Waals surface area contributed by atoms with Crippen molar-refractivity contribution in [1.82, 2.24) is 9.80 Å². The fraction of sp³-hybridized carbons (Fsp3) is 0.867. The lowest BCUT2D eigenvalue weighted by Gasteiger charge is -2.34. The number of morpholine rings is 1. The minimum absolute atomic E-state index is 0.0688. The molecule has 120 valence electrons. The number of hydrogen-bond donors (Lipinski definition) is 0. The first-order valence-electron chi connectivity index (χ1n) is 7.87. The number of rotatable bonds is 6. The molecule has 0 N–H and O–H groups in total. The summed E-state index contributed by atoms with van der Waals surface area (Å²) in [6.07, 6.45) is 3.96. The van der Waals surface area contributed by atoms with E-state index in [0.29, 0.717) is 45.7 Å². The molecule has 0 saturated carbocycles. The predicted molar refractivity (Wildman–Crippen MR) is 77.9 cm³/mol. The molecule has 6 nitrogen and oxygen atoms in total. The molecule has 0 unspecified atom stereocenters. The number of carbonyl (C=O) groups is 2. The molecule has 2 amide bonds. The Morgan fingerprint density at radius 3 is 3.00 bits per heavy atom. The Morgan fingerprint density at radius 2 is 2.24 bits per heavy atom. The number of carbonyl (C=O) groups excluding carboxylic acids is 2. The van der Waals surface area contributed by atoms with E-state index in [9.17, 15) is 9.59 Å². The molecular weight excluding hydrogens is 272 g/mol. The second kappa shape index (κ2) is 8.34. The zero-order chi connectivity index (χ0) is 15.1. The maximum atomic E-state index is 12.3. The summed E-state index contributed by atoms with van der Waals surface area (Å²) in [4.78, 5) is 27.7. The van der Waals surface area contributed by atoms with E-state index in [1.807, 2.05) is 9.80 Å². The predicted octanol–water partition coefficient (Wildman–Crippen LogP) is 0.653. The fourth-order valence-corrected chi connectivity index (χ4v) is 2.86. The summed E-state index contributed by atoms with van der Waals surface area (Å²) in [6.45, 7) is 3.87. The van der Waals surface area contributed by atoms with Gasteiger partial charge in [-0.1, -0.05) is 0 Å². The van der Waals surface area contributed by atoms with Crippen LogP contribution in [0.5, 0.6) is 0 Å². The van der Waals surface area contributed by atoms with Crippen LogP contribution in [0.1, 0.15) is 32.1 Å². The molecule has 2 rings (SSSR count). The first kappa shape index (κ1) is 16.2. The maximum absolute atomic E-state index is 12.3. The van der Waals surface area contributed by atoms with Gasteiger partial charge in [-0.3, -0.25) is 9.59 Å². The van der Waals surface area contributed by atoms with Crippen LogP contribution in [0.2, 0.25) is 0 Å². The van der Waals surface area contributed by atoms with Gasteiger partial charge < -0.3 is 19.3 Å². The third-order valence-electron chi connectivity index (χ3n) is 4.15. The van der Waals surface area contributed by atoms with Crippen LogP contribution in [-0.2, 0) is 19.1 Å². The van der Waals surface area contributed by atoms with Gasteiger partial charge in [0.2, 0.25) is 11.8 Å². The first-order valence-corrected chi connectivity index (χ1v) is 7.87. The zero-order valence-corrected chi connectivity index (χ0v) is 12.9. The second-order valence-corrected chi connectivity index (χ2v) is 5.70. The van der Waals surface area contributed by atoms with Crippen LogP contribution >= 0.6 is 0 Å². The first-order chi connectivity index (χ1) is 10.2. The summed E-state index contributed by atoms with van der Waals surface area (Å²) in [6, 6.07) is 0. The Kier molecular flexibility index (Phi) is 6.45. The molecular formula is C15H26N2O4. The van der Waals surface area contributed by atoms with E-state index in [2.05, 4.69) is 0 Å². The Balaban J connectivity index is 1.73. The summed E-state index contributed by atoms with van der Waals surface area (Å²) in [5.41, 5.74) is 0. The molecule has 0 aliphatic carbocycles. The third kappa shape index (κ3) is 4.97. The van der Waals surface area contributed by atoms with Gasteiger partial charge in [-0.05, 0) is 19.3 Å². The lowest BCUT2D eigenvalue weighted by Crippen LogP contribution is -2.47. The number of amides is 2. The van der Waals surface area contributed by atoms with Crippen molar-refractivity contribution in [3.05, 3.63) is 0 Å². The van der Waals surface area contributed by atoms with Crippen molar-refractivity contribution in [2.45, 2.75) is 38.2 Å². The number of piperidine rings is 1. The molecule has 2 heterocycles. The monoisotopic (exact) mass is 298 g/mol. The Hall–Kier alpha value is -1.14. The van der Waals surface area contributed by atoms with Crippen molar-refractivity contribution < 1.29 is 19.1 Å². The Bertz CT molecular complexity index is 362. The van der Waals surface area contributed by atoms with E-state index in [4.69, 9.17) is 9.47 Å². The Morgan fingerprint density at radius 1 is 1.38 bits per heavy atom. The molecule has 2 saturated heterocycles. The lowest BCUT2D eigenvalue weighted by molar-refractivity contribution is -0.141. The molecule has 0 aromatic carbocycles. The molecule has 2 aliphatic heterocycles. The van der Waals surface area contributed by atoms with Gasteiger partial charge in [0.1, 0.15) is 0 Å². The Labute approximate surface area is 126 Å². The summed E-state index contributed by atoms with van der Waals surface area (Å²) in [5.74, 6) is 0.313. The van der Waals surface area contributed by atoms with Crippen molar-refractivity contribution >= 4 is 11.8 Å². The molecule has 0 spiro atoms. The van der Waals surface area contributed by atoms with Crippen LogP contribution in [0, 0.1) is 0 Å². The number of nitrogens with zero attached hydrogens (tertiary/aromatic N) is 2. The second-order valence-electron chi connectivity index (χ2n) is 5.70. The summed E-state index contributed by atoms with van der Waals surface area (Å²) in [5, 5.41) is 0. The standard InChI is InChI=1S/C15H26N2O4/c1-20-10-6-13-12-17(9-11-21-13)15(19)5-8-16-7-3-2-4-14(16)18/h13H,2-12H2,1H3/t13-/m0/s1. The van der Waals surface area contributed by atoms with Crippen LogP contribution < -0.4 is 0 Å². The van der Waals surface area contributed by atoms with Crippen LogP contribution in [0.3, 0.4) is 0 Å². The largest absolute Gasteiger partial charge is 0.385 e. The van der Waals surface area contributed by atoms with Gasteiger partial charge >= 0.3 is 0 Å². The molecule has 1 atom stereocenters. The number of hydrogen-bond acceptors (Lipinski definition) is 4. The average Bonchev–Trinajstić information content (AvgIpc) is 2.52. The van der Waals surface area contributed by atoms with Crippen LogP contribution in [0.15, 0.2) is 0 Å². The highest BCUT2D eigenvalue weighted by Crippen LogP contribution is 2.13. The van der Waals surface area contributed by atoms with Gasteiger partial charge in [0.25, 0.3) is 0 Å². The normalized spacial score (nSPS) is 23.5. The quantitative estimate of drug-likeness (QED) is 0.722. The van der Waals surface area contributed by atoms with Gasteiger partial charge in [0.05, 0.1) is 12.7 Å². The fourth-order valence-electron chi connectivity index (χ4n) is 2.86. The van der Waals surface area contributed by atoms with Gasteiger partial charge in [-0.15, -0.1) is 0 Å². The zero-order valence-electron chi connectivity index (χ0n) is 12.9. The van der Waals surface area contributed by atoms with Crippen LogP contribution in [-0.4, -0.2) is 74.2 Å². The van der Waals surface area contributed by atoms with Crippen molar-refractivity contribution in [1.29, 1.82) is 0 Å². The molecule has 0 aromatic heterocycles. The maximum Gasteiger partial charge on any atom is 0.224 e. The van der Waals surface area contributed by atoms with E-state index in [-0.39, 0.29) is 17.9 Å². The number of methoxy groups -OCH3 is 1. The molecule has 6 heteroatoms. The van der Waals surface area contributed by atoms with E-state index < -0.39 is 0 Å². The minimum atomic E-state index is 0.0688. The van der Waals surface area contributed by atoms with Gasteiger partial charge in [-0.2, -0.15) is 0 Å². The molecule has 0 bridgehead atoms. The van der Waals surface area contributed by atoms with E-state index >= 15 is 0 Å².